The number of pyridine rings is 1. The van der Waals surface area contributed by atoms with Crippen molar-refractivity contribution in [2.45, 2.75) is 46.2 Å². The van der Waals surface area contributed by atoms with Crippen LogP contribution >= 0.6 is 0 Å². The third-order valence-electron chi connectivity index (χ3n) is 4.31. The largest absolute Gasteiger partial charge is 0.347 e. The summed E-state index contributed by atoms with van der Waals surface area (Å²) in [7, 11) is 0. The molecule has 0 unspecified atom stereocenters. The Labute approximate surface area is 171 Å². The summed E-state index contributed by atoms with van der Waals surface area (Å²) >= 11 is 0. The Morgan fingerprint density at radius 1 is 1.10 bits per heavy atom. The molecule has 1 N–H and O–H groups in total. The van der Waals surface area contributed by atoms with Gasteiger partial charge in [0.15, 0.2) is 0 Å². The highest BCUT2D eigenvalue weighted by Crippen LogP contribution is 2.27. The van der Waals surface area contributed by atoms with Gasteiger partial charge in [-0.1, -0.05) is 12.1 Å². The predicted molar refractivity (Wildman–Crippen MR) is 113 cm³/mol. The number of aromatic nitrogens is 3. The Morgan fingerprint density at radius 3 is 2.34 bits per heavy atom. The summed E-state index contributed by atoms with van der Waals surface area (Å²) < 4.78 is 1.89. The molecule has 148 valence electrons. The molecule has 2 heterocycles. The maximum absolute atomic E-state index is 12.9. The number of nitrogens with zero attached hydrogens (tertiary/aromatic N) is 4. The minimum atomic E-state index is -0.352. The van der Waals surface area contributed by atoms with Crippen molar-refractivity contribution in [3.63, 3.8) is 0 Å². The highest BCUT2D eigenvalue weighted by atomic mass is 16.1. The number of amides is 1. The highest BCUT2D eigenvalue weighted by Gasteiger charge is 2.19. The van der Waals surface area contributed by atoms with E-state index < -0.39 is 0 Å². The van der Waals surface area contributed by atoms with E-state index in [1.165, 1.54) is 0 Å². The van der Waals surface area contributed by atoms with E-state index in [-0.39, 0.29) is 17.5 Å². The predicted octanol–water partition coefficient (Wildman–Crippen LogP) is 4.59. The van der Waals surface area contributed by atoms with Crippen molar-refractivity contribution in [2.75, 3.05) is 0 Å². The van der Waals surface area contributed by atoms with Gasteiger partial charge in [-0.25, -0.2) is 4.98 Å². The van der Waals surface area contributed by atoms with Crippen molar-refractivity contribution >= 4 is 5.91 Å². The van der Waals surface area contributed by atoms with Gasteiger partial charge in [-0.15, -0.1) is 0 Å². The number of nitrogens with one attached hydrogen (secondary N) is 1. The van der Waals surface area contributed by atoms with E-state index >= 15 is 0 Å². The monoisotopic (exact) mass is 387 g/mol. The fraction of sp³-hybridized carbons (Fsp3) is 0.304. The minimum absolute atomic E-state index is 0.159. The fourth-order valence-corrected chi connectivity index (χ4v) is 3.00. The summed E-state index contributed by atoms with van der Waals surface area (Å²) in [4.78, 5) is 17.7. The molecule has 0 atom stereocenters. The first-order valence-electron chi connectivity index (χ1n) is 9.57. The van der Waals surface area contributed by atoms with Crippen molar-refractivity contribution in [1.82, 2.24) is 20.1 Å². The van der Waals surface area contributed by atoms with Crippen molar-refractivity contribution in [3.05, 3.63) is 59.8 Å². The molecule has 0 saturated carbocycles. The normalized spacial score (nSPS) is 11.3. The van der Waals surface area contributed by atoms with Gasteiger partial charge in [-0.05, 0) is 65.0 Å². The standard InChI is InChI=1S/C23H25N5O/c1-15(2)28-21(10-11-25-28)20-13-18(22(29)27-23(3,4)5)12-19(26-20)17-8-6-16(14-24)7-9-17/h6-13,15H,1-5H3,(H,27,29). The number of hydrogen-bond donors (Lipinski definition) is 1. The second-order valence-corrected chi connectivity index (χ2v) is 8.27. The smallest absolute Gasteiger partial charge is 0.251 e. The van der Waals surface area contributed by atoms with Gasteiger partial charge in [0, 0.05) is 28.9 Å². The first-order chi connectivity index (χ1) is 13.7. The summed E-state index contributed by atoms with van der Waals surface area (Å²) in [5.74, 6) is -0.161. The number of rotatable bonds is 4. The van der Waals surface area contributed by atoms with Crippen LogP contribution in [0.25, 0.3) is 22.6 Å². The Hall–Kier alpha value is -3.46. The van der Waals surface area contributed by atoms with Crippen LogP contribution in [0.5, 0.6) is 0 Å². The zero-order valence-electron chi connectivity index (χ0n) is 17.4. The SMILES string of the molecule is CC(C)n1nccc1-c1cc(C(=O)NC(C)(C)C)cc(-c2ccc(C#N)cc2)n1. The van der Waals surface area contributed by atoms with Gasteiger partial charge >= 0.3 is 0 Å². The van der Waals surface area contributed by atoms with Crippen LogP contribution in [0.2, 0.25) is 0 Å². The second kappa shape index (κ2) is 7.88. The zero-order chi connectivity index (χ0) is 21.2. The summed E-state index contributed by atoms with van der Waals surface area (Å²) in [6.07, 6.45) is 1.74. The third kappa shape index (κ3) is 4.69. The molecule has 1 aromatic carbocycles. The topological polar surface area (TPSA) is 83.6 Å². The molecule has 1 amide bonds. The second-order valence-electron chi connectivity index (χ2n) is 8.27. The van der Waals surface area contributed by atoms with Crippen LogP contribution < -0.4 is 5.32 Å². The van der Waals surface area contributed by atoms with Crippen LogP contribution in [0.3, 0.4) is 0 Å². The molecule has 0 aliphatic carbocycles. The first kappa shape index (κ1) is 20.3. The van der Waals surface area contributed by atoms with Crippen LogP contribution in [-0.2, 0) is 0 Å². The molecule has 0 aliphatic rings. The number of nitriles is 1. The van der Waals surface area contributed by atoms with Crippen molar-refractivity contribution in [1.29, 1.82) is 5.26 Å². The van der Waals surface area contributed by atoms with Crippen molar-refractivity contribution < 1.29 is 4.79 Å². The summed E-state index contributed by atoms with van der Waals surface area (Å²) in [5.41, 5.74) is 3.79. The molecule has 6 heteroatoms. The van der Waals surface area contributed by atoms with Gasteiger partial charge in [0.05, 0.1) is 28.7 Å². The van der Waals surface area contributed by atoms with Crippen molar-refractivity contribution in [2.24, 2.45) is 0 Å². The average molecular weight is 387 g/mol. The van der Waals surface area contributed by atoms with E-state index in [1.807, 2.05) is 57.5 Å². The summed E-state index contributed by atoms with van der Waals surface area (Å²) in [6, 6.07) is 14.9. The molecule has 29 heavy (non-hydrogen) atoms. The molecule has 0 fully saturated rings. The van der Waals surface area contributed by atoms with E-state index in [0.29, 0.717) is 22.5 Å². The number of hydrogen-bond acceptors (Lipinski definition) is 4. The molecule has 0 bridgehead atoms. The molecule has 0 saturated heterocycles. The Bertz CT molecular complexity index is 1070. The van der Waals surface area contributed by atoms with Gasteiger partial charge in [0.1, 0.15) is 0 Å². The minimum Gasteiger partial charge on any atom is -0.347 e. The zero-order valence-corrected chi connectivity index (χ0v) is 17.4. The molecular formula is C23H25N5O. The Balaban J connectivity index is 2.15. The first-order valence-corrected chi connectivity index (χ1v) is 9.57. The summed E-state index contributed by atoms with van der Waals surface area (Å²) in [6.45, 7) is 9.94. The van der Waals surface area contributed by atoms with Crippen LogP contribution in [0.1, 0.15) is 56.6 Å². The van der Waals surface area contributed by atoms with Crippen molar-refractivity contribution in [3.8, 4) is 28.7 Å². The molecule has 0 radical (unpaired) electrons. The van der Waals surface area contributed by atoms with Crippen LogP contribution in [0.4, 0.5) is 0 Å². The van der Waals surface area contributed by atoms with E-state index in [2.05, 4.69) is 16.5 Å². The Morgan fingerprint density at radius 2 is 1.76 bits per heavy atom. The number of carbonyl (C=O) groups excluding carboxylic acids is 1. The van der Waals surface area contributed by atoms with Gasteiger partial charge in [-0.2, -0.15) is 10.4 Å². The summed E-state index contributed by atoms with van der Waals surface area (Å²) in [5, 5.41) is 16.4. The van der Waals surface area contributed by atoms with Gasteiger partial charge in [0.25, 0.3) is 5.91 Å². The van der Waals surface area contributed by atoms with Gasteiger partial charge < -0.3 is 5.32 Å². The van der Waals surface area contributed by atoms with E-state index in [0.717, 1.165) is 11.3 Å². The number of carbonyl (C=O) groups is 1. The third-order valence-corrected chi connectivity index (χ3v) is 4.31. The molecule has 6 nitrogen and oxygen atoms in total. The lowest BCUT2D eigenvalue weighted by atomic mass is 10.0. The molecule has 3 aromatic rings. The van der Waals surface area contributed by atoms with E-state index in [9.17, 15) is 4.79 Å². The lowest BCUT2D eigenvalue weighted by Gasteiger charge is -2.21. The van der Waals surface area contributed by atoms with Gasteiger partial charge in [-0.3, -0.25) is 9.48 Å². The maximum Gasteiger partial charge on any atom is 0.251 e. The van der Waals surface area contributed by atoms with Crippen LogP contribution in [0.15, 0.2) is 48.7 Å². The molecule has 2 aromatic heterocycles. The van der Waals surface area contributed by atoms with Gasteiger partial charge in [0.2, 0.25) is 0 Å². The fourth-order valence-electron chi connectivity index (χ4n) is 3.00. The highest BCUT2D eigenvalue weighted by molar-refractivity contribution is 5.96. The van der Waals surface area contributed by atoms with E-state index in [4.69, 9.17) is 10.2 Å². The Kier molecular flexibility index (Phi) is 5.51. The number of benzene rings is 1. The quantitative estimate of drug-likeness (QED) is 0.709. The lowest BCUT2D eigenvalue weighted by molar-refractivity contribution is 0.0919. The lowest BCUT2D eigenvalue weighted by Crippen LogP contribution is -2.40. The van der Waals surface area contributed by atoms with Crippen LogP contribution in [0, 0.1) is 11.3 Å². The van der Waals surface area contributed by atoms with Crippen LogP contribution in [-0.4, -0.2) is 26.2 Å². The molecule has 3 rings (SSSR count). The molecular weight excluding hydrogens is 362 g/mol. The average Bonchev–Trinajstić information content (AvgIpc) is 3.16. The molecule has 0 spiro atoms. The van der Waals surface area contributed by atoms with E-state index in [1.54, 1.807) is 30.5 Å². The maximum atomic E-state index is 12.9. The molecule has 0 aliphatic heterocycles.